The molecule has 2 aromatic rings. The lowest BCUT2D eigenvalue weighted by atomic mass is 10.1. The van der Waals surface area contributed by atoms with Gasteiger partial charge in [-0.15, -0.1) is 5.10 Å². The van der Waals surface area contributed by atoms with Crippen LogP contribution in [0.15, 0.2) is 30.3 Å². The Labute approximate surface area is 148 Å². The van der Waals surface area contributed by atoms with Crippen molar-refractivity contribution in [1.29, 1.82) is 0 Å². The summed E-state index contributed by atoms with van der Waals surface area (Å²) in [5, 5.41) is 22.7. The Kier molecular flexibility index (Phi) is 4.78. The molecule has 0 bridgehead atoms. The molecule has 0 radical (unpaired) electrons. The molecule has 134 valence electrons. The monoisotopic (exact) mass is 342 g/mol. The number of tetrazole rings is 1. The highest BCUT2D eigenvalue weighted by molar-refractivity contribution is 5.17. The number of aliphatic hydroxyl groups excluding tert-OH is 1. The Balaban J connectivity index is 1.32. The van der Waals surface area contributed by atoms with E-state index in [0.717, 1.165) is 37.6 Å². The van der Waals surface area contributed by atoms with E-state index in [1.165, 1.54) is 12.8 Å². The predicted molar refractivity (Wildman–Crippen MR) is 93.8 cm³/mol. The number of hydrogen-bond donors (Lipinski definition) is 1. The first kappa shape index (κ1) is 16.6. The van der Waals surface area contributed by atoms with E-state index < -0.39 is 6.10 Å². The zero-order valence-corrected chi connectivity index (χ0v) is 14.7. The second-order valence-corrected chi connectivity index (χ2v) is 7.28. The first-order valence-electron chi connectivity index (χ1n) is 9.17. The number of aromatic nitrogens is 4. The fourth-order valence-corrected chi connectivity index (χ4v) is 3.61. The van der Waals surface area contributed by atoms with Crippen LogP contribution in [0.25, 0.3) is 0 Å². The minimum atomic E-state index is -0.433. The van der Waals surface area contributed by atoms with Crippen LogP contribution >= 0.6 is 0 Å². The van der Waals surface area contributed by atoms with E-state index in [1.807, 2.05) is 35.0 Å². The van der Waals surface area contributed by atoms with Gasteiger partial charge in [-0.25, -0.2) is 4.68 Å². The lowest BCUT2D eigenvalue weighted by Crippen LogP contribution is -2.52. The summed E-state index contributed by atoms with van der Waals surface area (Å²) in [7, 11) is 0. The van der Waals surface area contributed by atoms with Crippen molar-refractivity contribution in [2.45, 2.75) is 44.5 Å². The Morgan fingerprint density at radius 3 is 2.72 bits per heavy atom. The van der Waals surface area contributed by atoms with Crippen molar-refractivity contribution in [3.63, 3.8) is 0 Å². The molecule has 0 amide bonds. The van der Waals surface area contributed by atoms with Gasteiger partial charge in [0.2, 0.25) is 0 Å². The van der Waals surface area contributed by atoms with Crippen LogP contribution in [0.3, 0.4) is 0 Å². The number of β-amino-alcohol motifs (C(OH)–C–C–N with tert-alkyl or cyclic N) is 1. The zero-order valence-electron chi connectivity index (χ0n) is 14.7. The van der Waals surface area contributed by atoms with Crippen LogP contribution in [0, 0.1) is 0 Å². The molecule has 0 unspecified atom stereocenters. The van der Waals surface area contributed by atoms with E-state index in [1.54, 1.807) is 0 Å². The molecule has 1 aliphatic carbocycles. The summed E-state index contributed by atoms with van der Waals surface area (Å²) in [6, 6.07) is 10.8. The van der Waals surface area contributed by atoms with E-state index in [2.05, 4.69) is 32.2 Å². The Morgan fingerprint density at radius 2 is 2.00 bits per heavy atom. The van der Waals surface area contributed by atoms with Gasteiger partial charge in [-0.05, 0) is 35.8 Å². The molecule has 0 spiro atoms. The first-order valence-corrected chi connectivity index (χ1v) is 9.17. The molecule has 7 heteroatoms. The molecule has 2 heterocycles. The van der Waals surface area contributed by atoms with Gasteiger partial charge < -0.3 is 5.11 Å². The summed E-state index contributed by atoms with van der Waals surface area (Å²) in [5.74, 6) is 0.979. The molecule has 2 aliphatic rings. The first-order chi connectivity index (χ1) is 12.2. The lowest BCUT2D eigenvalue weighted by molar-refractivity contribution is 0.0349. The van der Waals surface area contributed by atoms with Crippen molar-refractivity contribution in [2.75, 3.05) is 26.2 Å². The minimum Gasteiger partial charge on any atom is -0.387 e. The summed E-state index contributed by atoms with van der Waals surface area (Å²) in [4.78, 5) is 4.79. The fraction of sp³-hybridized carbons (Fsp3) is 0.611. The molecule has 1 aromatic heterocycles. The highest BCUT2D eigenvalue weighted by Gasteiger charge is 2.30. The number of hydrogen-bond acceptors (Lipinski definition) is 6. The van der Waals surface area contributed by atoms with Crippen LogP contribution in [0.2, 0.25) is 0 Å². The second-order valence-electron chi connectivity index (χ2n) is 7.28. The Bertz CT molecular complexity index is 686. The maximum absolute atomic E-state index is 10.5. The molecule has 1 aliphatic heterocycles. The van der Waals surface area contributed by atoms with E-state index in [0.29, 0.717) is 18.6 Å². The molecule has 2 fully saturated rings. The lowest BCUT2D eigenvalue weighted by Gasteiger charge is -2.40. The average molecular weight is 342 g/mol. The van der Waals surface area contributed by atoms with Gasteiger partial charge >= 0.3 is 0 Å². The van der Waals surface area contributed by atoms with Crippen LogP contribution in [-0.4, -0.2) is 67.3 Å². The van der Waals surface area contributed by atoms with Crippen molar-refractivity contribution >= 4 is 0 Å². The molecule has 1 saturated carbocycles. The summed E-state index contributed by atoms with van der Waals surface area (Å²) in [5.41, 5.74) is 0.987. The normalized spacial score (nSPS) is 23.7. The molecular formula is C18H26N6O. The Hall–Kier alpha value is -1.83. The van der Waals surface area contributed by atoms with Gasteiger partial charge in [0.05, 0.1) is 18.7 Å². The molecule has 25 heavy (non-hydrogen) atoms. The summed E-state index contributed by atoms with van der Waals surface area (Å²) in [6.45, 7) is 6.62. The third-order valence-electron chi connectivity index (χ3n) is 5.26. The largest absolute Gasteiger partial charge is 0.387 e. The Morgan fingerprint density at radius 1 is 1.20 bits per heavy atom. The molecule has 7 nitrogen and oxygen atoms in total. The third-order valence-corrected chi connectivity index (χ3v) is 5.26. The van der Waals surface area contributed by atoms with Gasteiger partial charge in [-0.1, -0.05) is 30.3 Å². The van der Waals surface area contributed by atoms with Gasteiger partial charge in [0.15, 0.2) is 5.82 Å². The predicted octanol–water partition coefficient (Wildman–Crippen LogP) is 1.25. The SMILES string of the molecule is C[C@@H]1CN(Cc2nnnn2C2CC2)CCN1C[C@H](O)c1ccccc1. The van der Waals surface area contributed by atoms with Gasteiger partial charge in [-0.3, -0.25) is 9.80 Å². The standard InChI is InChI=1S/C18H26N6O/c1-14-11-22(13-18-19-20-21-24(18)16-7-8-16)9-10-23(14)12-17(25)15-5-3-2-4-6-15/h2-6,14,16-17,25H,7-13H2,1H3/t14-,17+/m1/s1. The number of benzene rings is 1. The fourth-order valence-electron chi connectivity index (χ4n) is 3.61. The second kappa shape index (κ2) is 7.19. The molecule has 4 rings (SSSR count). The van der Waals surface area contributed by atoms with Crippen molar-refractivity contribution in [3.8, 4) is 0 Å². The van der Waals surface area contributed by atoms with Crippen LogP contribution in [0.1, 0.15) is 43.3 Å². The molecule has 1 saturated heterocycles. The molecule has 2 atom stereocenters. The summed E-state index contributed by atoms with van der Waals surface area (Å²) in [6.07, 6.45) is 1.96. The topological polar surface area (TPSA) is 70.3 Å². The number of nitrogens with zero attached hydrogens (tertiary/aromatic N) is 6. The maximum atomic E-state index is 10.5. The highest BCUT2D eigenvalue weighted by atomic mass is 16.3. The van der Waals surface area contributed by atoms with E-state index >= 15 is 0 Å². The molecule has 1 N–H and O–H groups in total. The number of piperazine rings is 1. The quantitative estimate of drug-likeness (QED) is 0.852. The van der Waals surface area contributed by atoms with Gasteiger partial charge in [-0.2, -0.15) is 0 Å². The van der Waals surface area contributed by atoms with Crippen molar-refractivity contribution in [1.82, 2.24) is 30.0 Å². The van der Waals surface area contributed by atoms with E-state index in [9.17, 15) is 5.11 Å². The van der Waals surface area contributed by atoms with Crippen LogP contribution < -0.4 is 0 Å². The smallest absolute Gasteiger partial charge is 0.165 e. The number of aliphatic hydroxyl groups is 1. The summed E-state index contributed by atoms with van der Waals surface area (Å²) < 4.78 is 2.00. The highest BCUT2D eigenvalue weighted by Crippen LogP contribution is 2.34. The third kappa shape index (κ3) is 3.89. The van der Waals surface area contributed by atoms with Crippen molar-refractivity contribution < 1.29 is 5.11 Å². The molecule has 1 aromatic carbocycles. The number of rotatable bonds is 6. The summed E-state index contributed by atoms with van der Waals surface area (Å²) >= 11 is 0. The van der Waals surface area contributed by atoms with Gasteiger partial charge in [0, 0.05) is 32.2 Å². The van der Waals surface area contributed by atoms with Gasteiger partial charge in [0.25, 0.3) is 0 Å². The van der Waals surface area contributed by atoms with E-state index in [-0.39, 0.29) is 0 Å². The van der Waals surface area contributed by atoms with Gasteiger partial charge in [0.1, 0.15) is 0 Å². The average Bonchev–Trinajstić information content (AvgIpc) is 3.37. The maximum Gasteiger partial charge on any atom is 0.165 e. The van der Waals surface area contributed by atoms with Crippen LogP contribution in [0.4, 0.5) is 0 Å². The van der Waals surface area contributed by atoms with Crippen LogP contribution in [0.5, 0.6) is 0 Å². The van der Waals surface area contributed by atoms with Crippen molar-refractivity contribution in [2.24, 2.45) is 0 Å². The van der Waals surface area contributed by atoms with E-state index in [4.69, 9.17) is 0 Å². The minimum absolute atomic E-state index is 0.400. The molecular weight excluding hydrogens is 316 g/mol. The van der Waals surface area contributed by atoms with Crippen LogP contribution in [-0.2, 0) is 6.54 Å². The van der Waals surface area contributed by atoms with Crippen molar-refractivity contribution in [3.05, 3.63) is 41.7 Å². The zero-order chi connectivity index (χ0) is 17.2.